The Hall–Kier alpha value is -2.65. The SMILES string of the molecule is O=C1S/C(=C\c2ccccc2OCc2ccccc2F)C(=O)N1Cc1ccc(I)cc1. The Labute approximate surface area is 197 Å². The zero-order valence-corrected chi connectivity index (χ0v) is 19.2. The molecule has 31 heavy (non-hydrogen) atoms. The van der Waals surface area contributed by atoms with Crippen molar-refractivity contribution in [2.45, 2.75) is 13.2 Å². The van der Waals surface area contributed by atoms with Crippen LogP contribution in [0.15, 0.2) is 77.7 Å². The van der Waals surface area contributed by atoms with Gasteiger partial charge in [0.05, 0.1) is 11.4 Å². The van der Waals surface area contributed by atoms with Crippen LogP contribution in [0.4, 0.5) is 9.18 Å². The van der Waals surface area contributed by atoms with E-state index >= 15 is 0 Å². The topological polar surface area (TPSA) is 46.6 Å². The minimum Gasteiger partial charge on any atom is -0.488 e. The molecular weight excluding hydrogens is 528 g/mol. The predicted octanol–water partition coefficient (Wildman–Crippen LogP) is 6.25. The van der Waals surface area contributed by atoms with Crippen LogP contribution in [0.25, 0.3) is 6.08 Å². The molecule has 0 aromatic heterocycles. The summed E-state index contributed by atoms with van der Waals surface area (Å²) in [6.45, 7) is 0.288. The summed E-state index contributed by atoms with van der Waals surface area (Å²) in [5.41, 5.74) is 1.98. The van der Waals surface area contributed by atoms with E-state index in [2.05, 4.69) is 22.6 Å². The number of rotatable bonds is 6. The van der Waals surface area contributed by atoms with Crippen molar-refractivity contribution in [2.75, 3.05) is 0 Å². The Morgan fingerprint density at radius 2 is 1.68 bits per heavy atom. The second-order valence-corrected chi connectivity index (χ2v) is 9.05. The van der Waals surface area contributed by atoms with E-state index in [1.807, 2.05) is 30.3 Å². The molecule has 7 heteroatoms. The highest BCUT2D eigenvalue weighted by Crippen LogP contribution is 2.35. The predicted molar refractivity (Wildman–Crippen MR) is 128 cm³/mol. The van der Waals surface area contributed by atoms with Crippen molar-refractivity contribution in [2.24, 2.45) is 0 Å². The highest BCUT2D eigenvalue weighted by Gasteiger charge is 2.35. The van der Waals surface area contributed by atoms with Gasteiger partial charge in [-0.1, -0.05) is 48.5 Å². The van der Waals surface area contributed by atoms with Gasteiger partial charge in [0, 0.05) is 14.7 Å². The molecule has 4 rings (SSSR count). The van der Waals surface area contributed by atoms with Crippen molar-refractivity contribution in [3.05, 3.63) is 104 Å². The number of carbonyl (C=O) groups is 2. The quantitative estimate of drug-likeness (QED) is 0.272. The highest BCUT2D eigenvalue weighted by molar-refractivity contribution is 14.1. The number of ether oxygens (including phenoxy) is 1. The molecule has 0 spiro atoms. The van der Waals surface area contributed by atoms with Gasteiger partial charge in [0.1, 0.15) is 18.2 Å². The van der Waals surface area contributed by atoms with Crippen LogP contribution in [-0.4, -0.2) is 16.0 Å². The van der Waals surface area contributed by atoms with Gasteiger partial charge in [0.2, 0.25) is 0 Å². The molecular formula is C24H17FINO3S. The zero-order chi connectivity index (χ0) is 21.8. The number of benzene rings is 3. The maximum Gasteiger partial charge on any atom is 0.293 e. The summed E-state index contributed by atoms with van der Waals surface area (Å²) in [7, 11) is 0. The van der Waals surface area contributed by atoms with Gasteiger partial charge >= 0.3 is 0 Å². The molecule has 0 unspecified atom stereocenters. The summed E-state index contributed by atoms with van der Waals surface area (Å²) in [5, 5.41) is -0.306. The molecule has 0 aliphatic carbocycles. The first-order chi connectivity index (χ1) is 15.0. The summed E-state index contributed by atoms with van der Waals surface area (Å²) < 4.78 is 20.8. The van der Waals surface area contributed by atoms with Crippen LogP contribution in [0.2, 0.25) is 0 Å². The first-order valence-corrected chi connectivity index (χ1v) is 11.4. The lowest BCUT2D eigenvalue weighted by Crippen LogP contribution is -2.27. The van der Waals surface area contributed by atoms with Crippen molar-refractivity contribution in [3.63, 3.8) is 0 Å². The Morgan fingerprint density at radius 1 is 0.968 bits per heavy atom. The summed E-state index contributed by atoms with van der Waals surface area (Å²) in [6, 6.07) is 21.3. The maximum atomic E-state index is 13.9. The molecule has 0 saturated carbocycles. The molecule has 1 aliphatic rings. The number of halogens is 2. The van der Waals surface area contributed by atoms with Gasteiger partial charge in [-0.15, -0.1) is 0 Å². The lowest BCUT2D eigenvalue weighted by molar-refractivity contribution is -0.123. The van der Waals surface area contributed by atoms with Gasteiger partial charge in [-0.2, -0.15) is 0 Å². The minimum absolute atomic E-state index is 0.0613. The highest BCUT2D eigenvalue weighted by atomic mass is 127. The van der Waals surface area contributed by atoms with E-state index in [0.717, 1.165) is 20.9 Å². The van der Waals surface area contributed by atoms with Gasteiger partial charge < -0.3 is 4.74 Å². The van der Waals surface area contributed by atoms with Crippen LogP contribution < -0.4 is 4.74 Å². The number of para-hydroxylation sites is 1. The molecule has 3 aromatic rings. The van der Waals surface area contributed by atoms with Crippen molar-refractivity contribution in [1.82, 2.24) is 4.90 Å². The average molecular weight is 545 g/mol. The number of nitrogens with zero attached hydrogens (tertiary/aromatic N) is 1. The lowest BCUT2D eigenvalue weighted by Gasteiger charge is -2.12. The molecule has 0 N–H and O–H groups in total. The third-order valence-electron chi connectivity index (χ3n) is 4.67. The second kappa shape index (κ2) is 9.65. The molecule has 1 fully saturated rings. The molecule has 156 valence electrons. The number of hydrogen-bond acceptors (Lipinski definition) is 4. The molecule has 2 amide bonds. The van der Waals surface area contributed by atoms with Gasteiger partial charge in [-0.3, -0.25) is 14.5 Å². The molecule has 0 radical (unpaired) electrons. The summed E-state index contributed by atoms with van der Waals surface area (Å²) in [5.74, 6) is -0.163. The van der Waals surface area contributed by atoms with E-state index in [-0.39, 0.29) is 30.1 Å². The average Bonchev–Trinajstić information content (AvgIpc) is 3.03. The first-order valence-electron chi connectivity index (χ1n) is 9.46. The van der Waals surface area contributed by atoms with Gasteiger partial charge in [0.15, 0.2) is 0 Å². The van der Waals surface area contributed by atoms with E-state index in [1.165, 1.54) is 11.0 Å². The van der Waals surface area contributed by atoms with Crippen LogP contribution in [0.3, 0.4) is 0 Å². The van der Waals surface area contributed by atoms with Crippen molar-refractivity contribution in [3.8, 4) is 5.75 Å². The minimum atomic E-state index is -0.336. The molecule has 1 heterocycles. The molecule has 0 atom stereocenters. The number of amides is 2. The van der Waals surface area contributed by atoms with Crippen LogP contribution in [-0.2, 0) is 17.9 Å². The molecule has 0 bridgehead atoms. The lowest BCUT2D eigenvalue weighted by atomic mass is 10.1. The fourth-order valence-electron chi connectivity index (χ4n) is 3.05. The van der Waals surface area contributed by atoms with Crippen LogP contribution in [0, 0.1) is 9.39 Å². The van der Waals surface area contributed by atoms with E-state index < -0.39 is 0 Å². The van der Waals surface area contributed by atoms with Gasteiger partial charge in [0.25, 0.3) is 11.1 Å². The standard InChI is InChI=1S/C24H17FINO3S/c25-20-7-3-1-6-18(20)15-30-21-8-4-2-5-17(21)13-22-23(28)27(24(29)31-22)14-16-9-11-19(26)12-10-16/h1-13H,14-15H2/b22-13-. The largest absolute Gasteiger partial charge is 0.488 e. The fraction of sp³-hybridized carbons (Fsp3) is 0.0833. The fourth-order valence-corrected chi connectivity index (χ4v) is 4.24. The van der Waals surface area contributed by atoms with E-state index in [0.29, 0.717) is 21.8 Å². The normalized spacial score (nSPS) is 15.0. The number of hydrogen-bond donors (Lipinski definition) is 0. The van der Waals surface area contributed by atoms with E-state index in [4.69, 9.17) is 4.74 Å². The number of thioether (sulfide) groups is 1. The third kappa shape index (κ3) is 5.16. The smallest absolute Gasteiger partial charge is 0.293 e. The van der Waals surface area contributed by atoms with Crippen molar-refractivity contribution in [1.29, 1.82) is 0 Å². The zero-order valence-electron chi connectivity index (χ0n) is 16.3. The second-order valence-electron chi connectivity index (χ2n) is 6.81. The molecule has 4 nitrogen and oxygen atoms in total. The van der Waals surface area contributed by atoms with Crippen LogP contribution in [0.1, 0.15) is 16.7 Å². The van der Waals surface area contributed by atoms with Gasteiger partial charge in [-0.05, 0) is 70.3 Å². The van der Waals surface area contributed by atoms with Crippen LogP contribution in [0.5, 0.6) is 5.75 Å². The monoisotopic (exact) mass is 545 g/mol. The third-order valence-corrected chi connectivity index (χ3v) is 6.30. The van der Waals surface area contributed by atoms with E-state index in [9.17, 15) is 14.0 Å². The van der Waals surface area contributed by atoms with E-state index in [1.54, 1.807) is 42.5 Å². The Morgan fingerprint density at radius 3 is 2.45 bits per heavy atom. The Bertz CT molecular complexity index is 1160. The maximum absolute atomic E-state index is 13.9. The number of imide groups is 1. The van der Waals surface area contributed by atoms with Crippen molar-refractivity contribution >= 4 is 51.6 Å². The number of carbonyl (C=O) groups excluding carboxylic acids is 2. The summed E-state index contributed by atoms with van der Waals surface area (Å²) in [6.07, 6.45) is 1.65. The van der Waals surface area contributed by atoms with Gasteiger partial charge in [-0.25, -0.2) is 4.39 Å². The summed E-state index contributed by atoms with van der Waals surface area (Å²) >= 11 is 3.11. The summed E-state index contributed by atoms with van der Waals surface area (Å²) in [4.78, 5) is 26.9. The molecule has 3 aromatic carbocycles. The van der Waals surface area contributed by atoms with Crippen molar-refractivity contribution < 1.29 is 18.7 Å². The van der Waals surface area contributed by atoms with Crippen LogP contribution >= 0.6 is 34.4 Å². The molecule has 1 aliphatic heterocycles. The first kappa shape index (κ1) is 21.6. The Kier molecular flexibility index (Phi) is 6.72. The Balaban J connectivity index is 1.52. The molecule has 1 saturated heterocycles.